The molecule has 0 aromatic heterocycles. The summed E-state index contributed by atoms with van der Waals surface area (Å²) >= 11 is 6.09. The standard InChI is InChI=1S/C19H23ClN2O2/c1-14-9-10-16(20)18(11-14)24-13-19(23)21-17(12-22(2)3)15-7-5-4-6-8-15/h4-11,17H,12-13H2,1-3H3,(H,21,23)/p+1/t17-/m1/s1. The number of benzene rings is 2. The number of carbonyl (C=O) groups is 1. The molecular formula is C19H24ClN2O2+. The summed E-state index contributed by atoms with van der Waals surface area (Å²) in [6.07, 6.45) is 0. The molecule has 2 rings (SSSR count). The Bertz CT molecular complexity index is 674. The molecule has 0 unspecified atom stereocenters. The van der Waals surface area contributed by atoms with Crippen LogP contribution in [0.3, 0.4) is 0 Å². The van der Waals surface area contributed by atoms with Crippen molar-refractivity contribution in [2.45, 2.75) is 13.0 Å². The lowest BCUT2D eigenvalue weighted by atomic mass is 10.1. The number of likely N-dealkylation sites (N-methyl/N-ethyl adjacent to an activating group) is 1. The summed E-state index contributed by atoms with van der Waals surface area (Å²) in [5.41, 5.74) is 2.12. The van der Waals surface area contributed by atoms with E-state index in [9.17, 15) is 4.79 Å². The Hall–Kier alpha value is -2.04. The van der Waals surface area contributed by atoms with Crippen LogP contribution in [0, 0.1) is 6.92 Å². The second-order valence-electron chi connectivity index (χ2n) is 6.16. The highest BCUT2D eigenvalue weighted by atomic mass is 35.5. The lowest BCUT2D eigenvalue weighted by Crippen LogP contribution is -3.06. The maximum Gasteiger partial charge on any atom is 0.258 e. The predicted molar refractivity (Wildman–Crippen MR) is 96.7 cm³/mol. The Balaban J connectivity index is 1.99. The normalized spacial score (nSPS) is 12.0. The SMILES string of the molecule is Cc1ccc(Cl)c(OCC(=O)N[C@H](C[NH+](C)C)c2ccccc2)c1. The van der Waals surface area contributed by atoms with Crippen molar-refractivity contribution in [1.29, 1.82) is 0 Å². The molecule has 0 aliphatic carbocycles. The Morgan fingerprint density at radius 2 is 1.92 bits per heavy atom. The van der Waals surface area contributed by atoms with E-state index in [1.165, 1.54) is 4.90 Å². The summed E-state index contributed by atoms with van der Waals surface area (Å²) in [6, 6.07) is 15.4. The molecule has 0 radical (unpaired) electrons. The molecule has 24 heavy (non-hydrogen) atoms. The van der Waals surface area contributed by atoms with Gasteiger partial charge in [0, 0.05) is 0 Å². The van der Waals surface area contributed by atoms with Gasteiger partial charge in [-0.1, -0.05) is 48.0 Å². The zero-order chi connectivity index (χ0) is 17.5. The van der Waals surface area contributed by atoms with Crippen molar-refractivity contribution in [3.05, 3.63) is 64.7 Å². The van der Waals surface area contributed by atoms with Crippen LogP contribution in [0.25, 0.3) is 0 Å². The van der Waals surface area contributed by atoms with Crippen LogP contribution in [0.5, 0.6) is 5.75 Å². The highest BCUT2D eigenvalue weighted by Gasteiger charge is 2.18. The average molecular weight is 348 g/mol. The lowest BCUT2D eigenvalue weighted by Gasteiger charge is -2.21. The zero-order valence-corrected chi connectivity index (χ0v) is 15.1. The number of ether oxygens (including phenoxy) is 1. The van der Waals surface area contributed by atoms with Crippen molar-refractivity contribution < 1.29 is 14.4 Å². The van der Waals surface area contributed by atoms with Gasteiger partial charge in [0.15, 0.2) is 6.61 Å². The van der Waals surface area contributed by atoms with Crippen molar-refractivity contribution in [2.75, 3.05) is 27.2 Å². The largest absolute Gasteiger partial charge is 0.482 e. The average Bonchev–Trinajstić information content (AvgIpc) is 2.55. The van der Waals surface area contributed by atoms with Crippen LogP contribution in [0.4, 0.5) is 0 Å². The number of amides is 1. The smallest absolute Gasteiger partial charge is 0.258 e. The minimum Gasteiger partial charge on any atom is -0.482 e. The molecule has 2 aromatic rings. The number of hydrogen-bond acceptors (Lipinski definition) is 2. The molecule has 0 saturated heterocycles. The molecule has 0 aliphatic heterocycles. The van der Waals surface area contributed by atoms with Crippen LogP contribution in [0.2, 0.25) is 5.02 Å². The zero-order valence-electron chi connectivity index (χ0n) is 14.3. The molecule has 5 heteroatoms. The van der Waals surface area contributed by atoms with Crippen molar-refractivity contribution in [2.24, 2.45) is 0 Å². The van der Waals surface area contributed by atoms with Gasteiger partial charge in [0.2, 0.25) is 0 Å². The van der Waals surface area contributed by atoms with Gasteiger partial charge in [-0.3, -0.25) is 4.79 Å². The second-order valence-corrected chi connectivity index (χ2v) is 6.57. The first-order valence-electron chi connectivity index (χ1n) is 7.98. The van der Waals surface area contributed by atoms with E-state index in [1.807, 2.05) is 49.4 Å². The monoisotopic (exact) mass is 347 g/mol. The third-order valence-electron chi connectivity index (χ3n) is 3.60. The van der Waals surface area contributed by atoms with Gasteiger partial charge in [0.05, 0.1) is 19.1 Å². The number of halogens is 1. The summed E-state index contributed by atoms with van der Waals surface area (Å²) in [4.78, 5) is 13.5. The maximum atomic E-state index is 12.3. The van der Waals surface area contributed by atoms with Gasteiger partial charge < -0.3 is 15.0 Å². The van der Waals surface area contributed by atoms with Gasteiger partial charge in [0.1, 0.15) is 18.3 Å². The van der Waals surface area contributed by atoms with Gasteiger partial charge in [-0.2, -0.15) is 0 Å². The van der Waals surface area contributed by atoms with E-state index in [1.54, 1.807) is 6.07 Å². The quantitative estimate of drug-likeness (QED) is 0.804. The van der Waals surface area contributed by atoms with Crippen LogP contribution in [0.1, 0.15) is 17.2 Å². The molecule has 0 fully saturated rings. The summed E-state index contributed by atoms with van der Waals surface area (Å²) < 4.78 is 5.57. The Morgan fingerprint density at radius 1 is 1.21 bits per heavy atom. The minimum atomic E-state index is -0.164. The number of hydrogen-bond donors (Lipinski definition) is 2. The molecule has 4 nitrogen and oxygen atoms in total. The molecule has 128 valence electrons. The topological polar surface area (TPSA) is 42.8 Å². The van der Waals surface area contributed by atoms with Crippen molar-refractivity contribution >= 4 is 17.5 Å². The second kappa shape index (κ2) is 8.71. The van der Waals surface area contributed by atoms with E-state index in [0.29, 0.717) is 10.8 Å². The van der Waals surface area contributed by atoms with Gasteiger partial charge in [-0.05, 0) is 30.2 Å². The number of aryl methyl sites for hydroxylation is 1. The fourth-order valence-electron chi connectivity index (χ4n) is 2.45. The van der Waals surface area contributed by atoms with Crippen LogP contribution >= 0.6 is 11.6 Å². The first-order chi connectivity index (χ1) is 11.5. The summed E-state index contributed by atoms with van der Waals surface area (Å²) in [5.74, 6) is 0.365. The van der Waals surface area contributed by atoms with E-state index in [0.717, 1.165) is 17.7 Å². The molecule has 1 atom stereocenters. The van der Waals surface area contributed by atoms with E-state index in [-0.39, 0.29) is 18.6 Å². The van der Waals surface area contributed by atoms with Gasteiger partial charge in [-0.25, -0.2) is 0 Å². The number of rotatable bonds is 7. The fraction of sp³-hybridized carbons (Fsp3) is 0.316. The predicted octanol–water partition coefficient (Wildman–Crippen LogP) is 2.03. The number of carbonyl (C=O) groups excluding carboxylic acids is 1. The molecule has 0 spiro atoms. The molecule has 2 N–H and O–H groups in total. The Kier molecular flexibility index (Phi) is 6.64. The van der Waals surface area contributed by atoms with Crippen LogP contribution in [-0.2, 0) is 4.79 Å². The highest BCUT2D eigenvalue weighted by molar-refractivity contribution is 6.32. The summed E-state index contributed by atoms with van der Waals surface area (Å²) in [5, 5.41) is 3.55. The van der Waals surface area contributed by atoms with Crippen LogP contribution in [0.15, 0.2) is 48.5 Å². The summed E-state index contributed by atoms with van der Waals surface area (Å²) in [7, 11) is 4.12. The highest BCUT2D eigenvalue weighted by Crippen LogP contribution is 2.25. The first-order valence-corrected chi connectivity index (χ1v) is 8.36. The molecule has 0 heterocycles. The number of quaternary nitrogens is 1. The molecule has 0 aliphatic rings. The Morgan fingerprint density at radius 3 is 2.58 bits per heavy atom. The summed E-state index contributed by atoms with van der Waals surface area (Å²) in [6.45, 7) is 2.69. The molecule has 0 bridgehead atoms. The fourth-order valence-corrected chi connectivity index (χ4v) is 2.62. The van der Waals surface area contributed by atoms with Crippen molar-refractivity contribution in [3.63, 3.8) is 0 Å². The van der Waals surface area contributed by atoms with Crippen LogP contribution in [-0.4, -0.2) is 33.2 Å². The van der Waals surface area contributed by atoms with E-state index >= 15 is 0 Å². The first kappa shape index (κ1) is 18.3. The van der Waals surface area contributed by atoms with Gasteiger partial charge in [0.25, 0.3) is 5.91 Å². The third-order valence-corrected chi connectivity index (χ3v) is 3.91. The van der Waals surface area contributed by atoms with Crippen LogP contribution < -0.4 is 15.0 Å². The molecule has 2 aromatic carbocycles. The third kappa shape index (κ3) is 5.55. The maximum absolute atomic E-state index is 12.3. The lowest BCUT2D eigenvalue weighted by molar-refractivity contribution is -0.860. The van der Waals surface area contributed by atoms with E-state index in [4.69, 9.17) is 16.3 Å². The molecular weight excluding hydrogens is 324 g/mol. The van der Waals surface area contributed by atoms with Crippen molar-refractivity contribution in [1.82, 2.24) is 5.32 Å². The number of nitrogens with one attached hydrogen (secondary N) is 2. The molecule has 1 amide bonds. The van der Waals surface area contributed by atoms with Gasteiger partial charge in [-0.15, -0.1) is 0 Å². The van der Waals surface area contributed by atoms with E-state index in [2.05, 4.69) is 19.4 Å². The van der Waals surface area contributed by atoms with Crippen molar-refractivity contribution in [3.8, 4) is 5.75 Å². The Labute approximate surface area is 148 Å². The minimum absolute atomic E-state index is 0.0553. The molecule has 0 saturated carbocycles. The van der Waals surface area contributed by atoms with Gasteiger partial charge >= 0.3 is 0 Å². The van der Waals surface area contributed by atoms with E-state index < -0.39 is 0 Å².